The second kappa shape index (κ2) is 8.74. The van der Waals surface area contributed by atoms with Gasteiger partial charge in [0.15, 0.2) is 0 Å². The van der Waals surface area contributed by atoms with Crippen LogP contribution in [0.15, 0.2) is 51.7 Å². The van der Waals surface area contributed by atoms with E-state index in [4.69, 9.17) is 13.9 Å². The number of hydrogen-bond donors (Lipinski definition) is 0. The van der Waals surface area contributed by atoms with E-state index < -0.39 is 5.63 Å². The summed E-state index contributed by atoms with van der Waals surface area (Å²) in [6.07, 6.45) is 0.770. The van der Waals surface area contributed by atoms with Crippen molar-refractivity contribution in [2.45, 2.75) is 40.2 Å². The van der Waals surface area contributed by atoms with E-state index in [0.717, 1.165) is 27.8 Å². The zero-order chi connectivity index (χ0) is 20.1. The molecule has 0 amide bonds. The highest BCUT2D eigenvalue weighted by Crippen LogP contribution is 2.23. The quantitative estimate of drug-likeness (QED) is 0.446. The number of benzene rings is 2. The van der Waals surface area contributed by atoms with Crippen molar-refractivity contribution >= 4 is 16.9 Å². The fourth-order valence-electron chi connectivity index (χ4n) is 3.08. The van der Waals surface area contributed by atoms with Gasteiger partial charge >= 0.3 is 11.6 Å². The average molecular weight is 380 g/mol. The largest absolute Gasteiger partial charge is 0.494 e. The molecule has 28 heavy (non-hydrogen) atoms. The fraction of sp³-hybridized carbons (Fsp3) is 0.304. The van der Waals surface area contributed by atoms with Crippen LogP contribution in [-0.2, 0) is 22.6 Å². The number of carbonyl (C=O) groups excluding carboxylic acids is 1. The fourth-order valence-corrected chi connectivity index (χ4v) is 3.08. The third-order valence-electron chi connectivity index (χ3n) is 4.70. The van der Waals surface area contributed by atoms with E-state index in [2.05, 4.69) is 0 Å². The molecule has 0 radical (unpaired) electrons. The Kier molecular flexibility index (Phi) is 6.14. The normalized spacial score (nSPS) is 10.8. The summed E-state index contributed by atoms with van der Waals surface area (Å²) in [6, 6.07) is 12.8. The van der Waals surface area contributed by atoms with Crippen molar-refractivity contribution in [2.24, 2.45) is 0 Å². The molecule has 0 unspecified atom stereocenters. The Balaban J connectivity index is 1.68. The Morgan fingerprint density at radius 1 is 1.04 bits per heavy atom. The Bertz CT molecular complexity index is 1050. The first-order valence-corrected chi connectivity index (χ1v) is 9.38. The smallest absolute Gasteiger partial charge is 0.336 e. The minimum Gasteiger partial charge on any atom is -0.494 e. The van der Waals surface area contributed by atoms with Gasteiger partial charge in [0.05, 0.1) is 6.61 Å². The second-order valence-electron chi connectivity index (χ2n) is 6.72. The maximum atomic E-state index is 12.2. The molecule has 0 aliphatic heterocycles. The summed E-state index contributed by atoms with van der Waals surface area (Å²) in [6.45, 7) is 6.49. The Hall–Kier alpha value is -3.08. The van der Waals surface area contributed by atoms with Crippen LogP contribution in [0.1, 0.15) is 35.6 Å². The lowest BCUT2D eigenvalue weighted by atomic mass is 10.0. The minimum atomic E-state index is -0.451. The van der Waals surface area contributed by atoms with E-state index in [1.165, 1.54) is 6.07 Å². The molecule has 0 aliphatic carbocycles. The first kappa shape index (κ1) is 19.7. The van der Waals surface area contributed by atoms with Crippen molar-refractivity contribution in [1.29, 1.82) is 0 Å². The number of esters is 1. The van der Waals surface area contributed by atoms with E-state index in [0.29, 0.717) is 24.2 Å². The maximum absolute atomic E-state index is 12.2. The van der Waals surface area contributed by atoms with E-state index in [9.17, 15) is 9.59 Å². The monoisotopic (exact) mass is 380 g/mol. The Morgan fingerprint density at radius 3 is 2.57 bits per heavy atom. The summed E-state index contributed by atoms with van der Waals surface area (Å²) in [5, 5.41) is 0.789. The zero-order valence-corrected chi connectivity index (χ0v) is 16.4. The van der Waals surface area contributed by atoms with Gasteiger partial charge in [-0.1, -0.05) is 18.2 Å². The molecule has 0 saturated carbocycles. The van der Waals surface area contributed by atoms with Crippen LogP contribution < -0.4 is 10.4 Å². The molecule has 0 fully saturated rings. The molecule has 2 aromatic carbocycles. The third-order valence-corrected chi connectivity index (χ3v) is 4.70. The van der Waals surface area contributed by atoms with Crippen molar-refractivity contribution in [3.05, 3.63) is 75.1 Å². The number of hydrogen-bond acceptors (Lipinski definition) is 5. The van der Waals surface area contributed by atoms with Gasteiger partial charge in [-0.2, -0.15) is 0 Å². The molecule has 1 heterocycles. The lowest BCUT2D eigenvalue weighted by Crippen LogP contribution is -2.09. The van der Waals surface area contributed by atoms with E-state index in [1.807, 2.05) is 57.2 Å². The van der Waals surface area contributed by atoms with Crippen LogP contribution >= 0.6 is 0 Å². The summed E-state index contributed by atoms with van der Waals surface area (Å²) < 4.78 is 16.3. The molecular formula is C23H24O5. The summed E-state index contributed by atoms with van der Waals surface area (Å²) in [7, 11) is 0. The summed E-state index contributed by atoms with van der Waals surface area (Å²) in [5.74, 6) is 0.465. The van der Waals surface area contributed by atoms with Crippen LogP contribution in [0.4, 0.5) is 0 Å². The lowest BCUT2D eigenvalue weighted by molar-refractivity contribution is -0.144. The summed E-state index contributed by atoms with van der Waals surface area (Å²) in [4.78, 5) is 24.1. The number of fused-ring (bicyclic) bond motifs is 1. The molecule has 0 spiro atoms. The van der Waals surface area contributed by atoms with Crippen LogP contribution in [0.2, 0.25) is 0 Å². The van der Waals surface area contributed by atoms with Gasteiger partial charge in [0, 0.05) is 23.4 Å². The molecule has 3 aromatic rings. The van der Waals surface area contributed by atoms with Gasteiger partial charge in [0.2, 0.25) is 0 Å². The summed E-state index contributed by atoms with van der Waals surface area (Å²) in [5.41, 5.74) is 3.80. The maximum Gasteiger partial charge on any atom is 0.336 e. The number of aryl methyl sites for hydroxylation is 3. The standard InChI is InChI=1S/C23H24O5/c1-4-26-20-8-6-5-7-17(20)9-10-22(24)27-14-18-13-23(25)28-21-12-16(3)15(2)11-19(18)21/h5-8,11-13H,4,9-10,14H2,1-3H3. The van der Waals surface area contributed by atoms with E-state index >= 15 is 0 Å². The van der Waals surface area contributed by atoms with Crippen LogP contribution in [0.25, 0.3) is 11.0 Å². The first-order chi connectivity index (χ1) is 13.5. The SMILES string of the molecule is CCOc1ccccc1CCC(=O)OCc1cc(=O)oc2cc(C)c(C)cc12. The molecule has 0 atom stereocenters. The number of rotatable bonds is 7. The van der Waals surface area contributed by atoms with Gasteiger partial charge in [0.25, 0.3) is 0 Å². The first-order valence-electron chi connectivity index (χ1n) is 9.38. The molecule has 0 saturated heterocycles. The van der Waals surface area contributed by atoms with Gasteiger partial charge in [-0.15, -0.1) is 0 Å². The van der Waals surface area contributed by atoms with E-state index in [1.54, 1.807) is 0 Å². The van der Waals surface area contributed by atoms with Gasteiger partial charge in [0.1, 0.15) is 17.9 Å². The van der Waals surface area contributed by atoms with Crippen molar-refractivity contribution in [1.82, 2.24) is 0 Å². The van der Waals surface area contributed by atoms with Crippen molar-refractivity contribution < 1.29 is 18.7 Å². The Labute approximate surface area is 163 Å². The molecule has 146 valence electrons. The molecule has 3 rings (SSSR count). The Morgan fingerprint density at radius 2 is 1.79 bits per heavy atom. The molecule has 0 aliphatic rings. The number of para-hydroxylation sites is 1. The number of ether oxygens (including phenoxy) is 2. The average Bonchev–Trinajstić information content (AvgIpc) is 2.67. The van der Waals surface area contributed by atoms with Crippen molar-refractivity contribution in [2.75, 3.05) is 6.61 Å². The predicted molar refractivity (Wildman–Crippen MR) is 108 cm³/mol. The van der Waals surface area contributed by atoms with Gasteiger partial charge in [-0.3, -0.25) is 4.79 Å². The lowest BCUT2D eigenvalue weighted by Gasteiger charge is -2.11. The molecule has 1 aromatic heterocycles. The zero-order valence-electron chi connectivity index (χ0n) is 16.4. The van der Waals surface area contributed by atoms with Gasteiger partial charge in [-0.25, -0.2) is 4.79 Å². The van der Waals surface area contributed by atoms with E-state index in [-0.39, 0.29) is 19.0 Å². The van der Waals surface area contributed by atoms with Crippen molar-refractivity contribution in [3.8, 4) is 5.75 Å². The third kappa shape index (κ3) is 4.60. The molecule has 5 nitrogen and oxygen atoms in total. The van der Waals surface area contributed by atoms with Crippen molar-refractivity contribution in [3.63, 3.8) is 0 Å². The molecule has 5 heteroatoms. The molecule has 0 bridgehead atoms. The number of carbonyl (C=O) groups is 1. The van der Waals surface area contributed by atoms with Crippen LogP contribution in [-0.4, -0.2) is 12.6 Å². The predicted octanol–water partition coefficient (Wildman–Crippen LogP) is 4.48. The summed E-state index contributed by atoms with van der Waals surface area (Å²) >= 11 is 0. The van der Waals surface area contributed by atoms with Gasteiger partial charge < -0.3 is 13.9 Å². The van der Waals surface area contributed by atoms with Crippen LogP contribution in [0.3, 0.4) is 0 Å². The second-order valence-corrected chi connectivity index (χ2v) is 6.72. The highest BCUT2D eigenvalue weighted by Gasteiger charge is 2.12. The molecular weight excluding hydrogens is 356 g/mol. The van der Waals surface area contributed by atoms with Crippen LogP contribution in [0.5, 0.6) is 5.75 Å². The minimum absolute atomic E-state index is 0.0382. The van der Waals surface area contributed by atoms with Gasteiger partial charge in [-0.05, 0) is 62.1 Å². The highest BCUT2D eigenvalue weighted by molar-refractivity contribution is 5.82. The molecule has 0 N–H and O–H groups in total. The van der Waals surface area contributed by atoms with Crippen LogP contribution in [0, 0.1) is 13.8 Å². The topological polar surface area (TPSA) is 65.7 Å². The highest BCUT2D eigenvalue weighted by atomic mass is 16.5.